The Labute approximate surface area is 162 Å². The predicted molar refractivity (Wildman–Crippen MR) is 106 cm³/mol. The number of aryl methyl sites for hydroxylation is 1. The first-order chi connectivity index (χ1) is 13.7. The Morgan fingerprint density at radius 1 is 1.14 bits per heavy atom. The lowest BCUT2D eigenvalue weighted by Gasteiger charge is -2.26. The number of pyridine rings is 1. The smallest absolute Gasteiger partial charge is 0.252 e. The van der Waals surface area contributed by atoms with Gasteiger partial charge in [-0.25, -0.2) is 4.98 Å². The second-order valence-electron chi connectivity index (χ2n) is 7.24. The summed E-state index contributed by atoms with van der Waals surface area (Å²) in [4.78, 5) is 17.2. The van der Waals surface area contributed by atoms with Crippen LogP contribution in [-0.2, 0) is 0 Å². The molecule has 6 heteroatoms. The molecule has 28 heavy (non-hydrogen) atoms. The third kappa shape index (κ3) is 2.87. The van der Waals surface area contributed by atoms with Gasteiger partial charge in [0, 0.05) is 24.0 Å². The Kier molecular flexibility index (Phi) is 3.97. The molecule has 1 fully saturated rings. The fourth-order valence-corrected chi connectivity index (χ4v) is 3.53. The van der Waals surface area contributed by atoms with Gasteiger partial charge in [-0.1, -0.05) is 35.5 Å². The lowest BCUT2D eigenvalue weighted by molar-refractivity contribution is 0.0916. The largest absolute Gasteiger partial charge is 0.360 e. The quantitative estimate of drug-likeness (QED) is 0.581. The molecule has 1 aliphatic carbocycles. The molecular weight excluding hydrogens is 352 g/mol. The van der Waals surface area contributed by atoms with Crippen molar-refractivity contribution in [2.75, 3.05) is 0 Å². The average molecular weight is 372 g/mol. The van der Waals surface area contributed by atoms with Crippen molar-refractivity contribution in [3.05, 3.63) is 66.2 Å². The number of benzene rings is 1. The van der Waals surface area contributed by atoms with Crippen LogP contribution in [0.2, 0.25) is 0 Å². The van der Waals surface area contributed by atoms with Crippen molar-refractivity contribution in [2.24, 2.45) is 0 Å². The Bertz CT molecular complexity index is 1160. The number of aromatic nitrogens is 3. The number of imidazole rings is 1. The summed E-state index contributed by atoms with van der Waals surface area (Å²) in [5.41, 5.74) is 4.80. The van der Waals surface area contributed by atoms with Gasteiger partial charge in [-0.2, -0.15) is 0 Å². The highest BCUT2D eigenvalue weighted by atomic mass is 16.5. The zero-order valence-electron chi connectivity index (χ0n) is 15.6. The highest BCUT2D eigenvalue weighted by molar-refractivity contribution is 5.94. The highest BCUT2D eigenvalue weighted by Crippen LogP contribution is 2.33. The molecule has 140 valence electrons. The van der Waals surface area contributed by atoms with Crippen molar-refractivity contribution >= 4 is 11.6 Å². The maximum absolute atomic E-state index is 12.5. The maximum Gasteiger partial charge on any atom is 0.252 e. The van der Waals surface area contributed by atoms with Crippen LogP contribution in [0.3, 0.4) is 0 Å². The molecule has 0 atom stereocenters. The standard InChI is InChI=1S/C22H20N4O2/c1-14-20(21(25-28-14)15-6-3-2-4-7-15)18-13-26-12-16(10-11-19(26)24-18)22(27)23-17-8-5-9-17/h2-4,6-7,10-13,17H,5,8-9H2,1H3,(H,23,27). The molecule has 0 bridgehead atoms. The Balaban J connectivity index is 1.52. The minimum absolute atomic E-state index is 0.0343. The van der Waals surface area contributed by atoms with Crippen molar-refractivity contribution in [2.45, 2.75) is 32.2 Å². The summed E-state index contributed by atoms with van der Waals surface area (Å²) in [5.74, 6) is 0.679. The van der Waals surface area contributed by atoms with E-state index in [0.717, 1.165) is 41.0 Å². The van der Waals surface area contributed by atoms with Crippen molar-refractivity contribution in [3.8, 4) is 22.5 Å². The molecule has 0 spiro atoms. The Morgan fingerprint density at radius 2 is 1.96 bits per heavy atom. The number of amides is 1. The van der Waals surface area contributed by atoms with Crippen molar-refractivity contribution < 1.29 is 9.32 Å². The summed E-state index contributed by atoms with van der Waals surface area (Å²) in [5, 5.41) is 7.31. The molecule has 6 nitrogen and oxygen atoms in total. The van der Waals surface area contributed by atoms with Crippen LogP contribution in [0.1, 0.15) is 35.4 Å². The van der Waals surface area contributed by atoms with Crippen LogP contribution >= 0.6 is 0 Å². The van der Waals surface area contributed by atoms with Crippen LogP contribution in [-0.4, -0.2) is 26.5 Å². The zero-order chi connectivity index (χ0) is 19.1. The number of nitrogens with zero attached hydrogens (tertiary/aromatic N) is 3. The topological polar surface area (TPSA) is 72.4 Å². The fourth-order valence-electron chi connectivity index (χ4n) is 3.53. The SMILES string of the molecule is Cc1onc(-c2ccccc2)c1-c1cn2cc(C(=O)NC3CCC3)ccc2n1. The van der Waals surface area contributed by atoms with Crippen molar-refractivity contribution in [3.63, 3.8) is 0 Å². The lowest BCUT2D eigenvalue weighted by Crippen LogP contribution is -2.39. The first-order valence-corrected chi connectivity index (χ1v) is 9.51. The molecule has 1 saturated carbocycles. The molecule has 5 rings (SSSR count). The average Bonchev–Trinajstić information content (AvgIpc) is 3.27. The van der Waals surface area contributed by atoms with E-state index in [1.807, 2.05) is 66.2 Å². The number of hydrogen-bond donors (Lipinski definition) is 1. The van der Waals surface area contributed by atoms with Gasteiger partial charge >= 0.3 is 0 Å². The van der Waals surface area contributed by atoms with E-state index >= 15 is 0 Å². The van der Waals surface area contributed by atoms with E-state index < -0.39 is 0 Å². The summed E-state index contributed by atoms with van der Waals surface area (Å²) < 4.78 is 7.34. The molecular formula is C22H20N4O2. The minimum Gasteiger partial charge on any atom is -0.360 e. The molecule has 0 radical (unpaired) electrons. The maximum atomic E-state index is 12.5. The van der Waals surface area contributed by atoms with Crippen LogP contribution < -0.4 is 5.32 Å². The van der Waals surface area contributed by atoms with E-state index in [0.29, 0.717) is 17.4 Å². The number of fused-ring (bicyclic) bond motifs is 1. The Hall–Kier alpha value is -3.41. The van der Waals surface area contributed by atoms with Gasteiger partial charge in [-0.3, -0.25) is 4.79 Å². The van der Waals surface area contributed by atoms with E-state index in [4.69, 9.17) is 9.51 Å². The van der Waals surface area contributed by atoms with Crippen LogP contribution in [0.25, 0.3) is 28.2 Å². The van der Waals surface area contributed by atoms with Gasteiger partial charge in [0.25, 0.3) is 5.91 Å². The van der Waals surface area contributed by atoms with Crippen LogP contribution in [0.4, 0.5) is 0 Å². The lowest BCUT2D eigenvalue weighted by atomic mass is 9.93. The van der Waals surface area contributed by atoms with Gasteiger partial charge in [0.15, 0.2) is 0 Å². The molecule has 1 amide bonds. The molecule has 0 saturated heterocycles. The number of hydrogen-bond acceptors (Lipinski definition) is 4. The molecule has 3 heterocycles. The van der Waals surface area contributed by atoms with E-state index in [-0.39, 0.29) is 5.91 Å². The zero-order valence-corrected chi connectivity index (χ0v) is 15.6. The van der Waals surface area contributed by atoms with Gasteiger partial charge in [0.05, 0.1) is 16.8 Å². The molecule has 4 aromatic rings. The summed E-state index contributed by atoms with van der Waals surface area (Å²) in [6.07, 6.45) is 7.07. The highest BCUT2D eigenvalue weighted by Gasteiger charge is 2.21. The monoisotopic (exact) mass is 372 g/mol. The van der Waals surface area contributed by atoms with E-state index in [2.05, 4.69) is 10.5 Å². The van der Waals surface area contributed by atoms with Gasteiger partial charge in [0.2, 0.25) is 0 Å². The second kappa shape index (κ2) is 6.64. The van der Waals surface area contributed by atoms with Gasteiger partial charge in [-0.15, -0.1) is 0 Å². The van der Waals surface area contributed by atoms with E-state index in [1.54, 1.807) is 0 Å². The van der Waals surface area contributed by atoms with E-state index in [1.165, 1.54) is 6.42 Å². The number of carbonyl (C=O) groups excluding carboxylic acids is 1. The number of carbonyl (C=O) groups is 1. The van der Waals surface area contributed by atoms with E-state index in [9.17, 15) is 4.79 Å². The molecule has 1 N–H and O–H groups in total. The molecule has 3 aromatic heterocycles. The van der Waals surface area contributed by atoms with Crippen LogP contribution in [0.15, 0.2) is 59.4 Å². The normalized spacial score (nSPS) is 14.2. The summed E-state index contributed by atoms with van der Waals surface area (Å²) in [6, 6.07) is 13.9. The number of rotatable bonds is 4. The second-order valence-corrected chi connectivity index (χ2v) is 7.24. The minimum atomic E-state index is -0.0343. The van der Waals surface area contributed by atoms with Crippen LogP contribution in [0.5, 0.6) is 0 Å². The van der Waals surface area contributed by atoms with Crippen LogP contribution in [0, 0.1) is 6.92 Å². The molecule has 1 aliphatic rings. The Morgan fingerprint density at radius 3 is 2.71 bits per heavy atom. The molecule has 0 aliphatic heterocycles. The first kappa shape index (κ1) is 16.7. The summed E-state index contributed by atoms with van der Waals surface area (Å²) in [7, 11) is 0. The molecule has 1 aromatic carbocycles. The molecule has 0 unspecified atom stereocenters. The van der Waals surface area contributed by atoms with Gasteiger partial charge < -0.3 is 14.2 Å². The third-order valence-electron chi connectivity index (χ3n) is 5.32. The van der Waals surface area contributed by atoms with Gasteiger partial charge in [-0.05, 0) is 38.3 Å². The fraction of sp³-hybridized carbons (Fsp3) is 0.227. The number of nitrogens with one attached hydrogen (secondary N) is 1. The predicted octanol–water partition coefficient (Wildman–Crippen LogP) is 4.25. The first-order valence-electron chi connectivity index (χ1n) is 9.51. The van der Waals surface area contributed by atoms with Gasteiger partial charge in [0.1, 0.15) is 17.1 Å². The third-order valence-corrected chi connectivity index (χ3v) is 5.32. The summed E-state index contributed by atoms with van der Waals surface area (Å²) >= 11 is 0. The summed E-state index contributed by atoms with van der Waals surface area (Å²) in [6.45, 7) is 1.89. The van der Waals surface area contributed by atoms with Crippen molar-refractivity contribution in [1.29, 1.82) is 0 Å². The van der Waals surface area contributed by atoms with Crippen molar-refractivity contribution in [1.82, 2.24) is 19.9 Å².